The van der Waals surface area contributed by atoms with Crippen LogP contribution in [-0.4, -0.2) is 21.3 Å². The van der Waals surface area contributed by atoms with Crippen molar-refractivity contribution in [2.75, 3.05) is 11.9 Å². The van der Waals surface area contributed by atoms with Crippen molar-refractivity contribution in [3.8, 4) is 16.9 Å². The quantitative estimate of drug-likeness (QED) is 0.765. The third kappa shape index (κ3) is 2.16. The lowest BCUT2D eigenvalue weighted by Gasteiger charge is -2.08. The summed E-state index contributed by atoms with van der Waals surface area (Å²) in [4.78, 5) is 4.07. The van der Waals surface area contributed by atoms with Crippen LogP contribution in [0, 0.1) is 0 Å². The summed E-state index contributed by atoms with van der Waals surface area (Å²) < 4.78 is 1.84. The van der Waals surface area contributed by atoms with Gasteiger partial charge >= 0.3 is 0 Å². The van der Waals surface area contributed by atoms with Gasteiger partial charge in [-0.1, -0.05) is 23.2 Å². The van der Waals surface area contributed by atoms with Gasteiger partial charge in [0.2, 0.25) is 0 Å². The van der Waals surface area contributed by atoms with Gasteiger partial charge in [0.25, 0.3) is 0 Å². The molecule has 1 N–H and O–H groups in total. The first-order valence-corrected chi connectivity index (χ1v) is 7.71. The van der Waals surface area contributed by atoms with Gasteiger partial charge in [0.05, 0.1) is 16.4 Å². The van der Waals surface area contributed by atoms with Crippen molar-refractivity contribution in [2.45, 2.75) is 6.42 Å². The number of benzene rings is 1. The highest BCUT2D eigenvalue weighted by Crippen LogP contribution is 2.36. The summed E-state index contributed by atoms with van der Waals surface area (Å²) in [6, 6.07) is 9.31. The minimum Gasteiger partial charge on any atom is -0.369 e. The van der Waals surface area contributed by atoms with Gasteiger partial charge in [-0.2, -0.15) is 5.10 Å². The van der Waals surface area contributed by atoms with E-state index in [0.717, 1.165) is 35.7 Å². The summed E-state index contributed by atoms with van der Waals surface area (Å²) in [5.41, 5.74) is 3.98. The number of aromatic nitrogens is 3. The van der Waals surface area contributed by atoms with Gasteiger partial charge in [0.1, 0.15) is 5.82 Å². The van der Waals surface area contributed by atoms with Crippen molar-refractivity contribution >= 4 is 29.0 Å². The summed E-state index contributed by atoms with van der Waals surface area (Å²) in [6.45, 7) is 0.892. The summed E-state index contributed by atoms with van der Waals surface area (Å²) in [5, 5.41) is 9.39. The number of rotatable bonds is 2. The SMILES string of the molecule is Clc1ccc(Cl)c(-n2nc(-c3ccncc3)c3c2NCC3)c1. The molecule has 6 heteroatoms. The van der Waals surface area contributed by atoms with Crippen molar-refractivity contribution < 1.29 is 0 Å². The van der Waals surface area contributed by atoms with E-state index in [1.807, 2.05) is 22.9 Å². The Kier molecular flexibility index (Phi) is 3.28. The van der Waals surface area contributed by atoms with Gasteiger partial charge in [-0.05, 0) is 36.8 Å². The van der Waals surface area contributed by atoms with Crippen LogP contribution < -0.4 is 5.32 Å². The van der Waals surface area contributed by atoms with Gasteiger partial charge in [-0.3, -0.25) is 4.98 Å². The van der Waals surface area contributed by atoms with E-state index in [0.29, 0.717) is 10.0 Å². The molecular weight excluding hydrogens is 319 g/mol. The highest BCUT2D eigenvalue weighted by atomic mass is 35.5. The maximum Gasteiger partial charge on any atom is 0.133 e. The minimum atomic E-state index is 0.615. The fourth-order valence-electron chi connectivity index (χ4n) is 2.74. The van der Waals surface area contributed by atoms with Crippen LogP contribution in [0.4, 0.5) is 5.82 Å². The Morgan fingerprint density at radius 2 is 1.91 bits per heavy atom. The summed E-state index contributed by atoms with van der Waals surface area (Å²) in [5.74, 6) is 0.982. The molecule has 0 spiro atoms. The average Bonchev–Trinajstić information content (AvgIpc) is 3.13. The number of hydrogen-bond acceptors (Lipinski definition) is 3. The molecule has 0 bridgehead atoms. The van der Waals surface area contributed by atoms with E-state index in [-0.39, 0.29) is 0 Å². The van der Waals surface area contributed by atoms with Gasteiger partial charge < -0.3 is 5.32 Å². The number of hydrogen-bond donors (Lipinski definition) is 1. The van der Waals surface area contributed by atoms with Gasteiger partial charge in [-0.15, -0.1) is 0 Å². The van der Waals surface area contributed by atoms with Crippen LogP contribution in [0.1, 0.15) is 5.56 Å². The molecule has 0 atom stereocenters. The first kappa shape index (κ1) is 13.6. The molecule has 22 heavy (non-hydrogen) atoms. The Labute approximate surface area is 137 Å². The Balaban J connectivity index is 1.94. The largest absolute Gasteiger partial charge is 0.369 e. The lowest BCUT2D eigenvalue weighted by Crippen LogP contribution is -2.04. The van der Waals surface area contributed by atoms with Crippen LogP contribution in [0.25, 0.3) is 16.9 Å². The van der Waals surface area contributed by atoms with Gasteiger partial charge in [0.15, 0.2) is 0 Å². The lowest BCUT2D eigenvalue weighted by molar-refractivity contribution is 0.882. The monoisotopic (exact) mass is 330 g/mol. The standard InChI is InChI=1S/C16H12Cl2N4/c17-11-1-2-13(18)14(9-11)22-16-12(5-8-20-16)15(21-22)10-3-6-19-7-4-10/h1-4,6-7,9,20H,5,8H2. The third-order valence-electron chi connectivity index (χ3n) is 3.74. The van der Waals surface area contributed by atoms with Crippen molar-refractivity contribution in [1.29, 1.82) is 0 Å². The maximum atomic E-state index is 6.33. The number of nitrogens with zero attached hydrogens (tertiary/aromatic N) is 3. The Morgan fingerprint density at radius 1 is 1.09 bits per heavy atom. The topological polar surface area (TPSA) is 42.7 Å². The molecule has 4 rings (SSSR count). The molecule has 1 aliphatic rings. The molecule has 4 nitrogen and oxygen atoms in total. The van der Waals surface area contributed by atoms with Crippen molar-refractivity contribution in [1.82, 2.24) is 14.8 Å². The molecular formula is C16H12Cl2N4. The molecule has 0 amide bonds. The summed E-state index contributed by atoms with van der Waals surface area (Å²) in [7, 11) is 0. The predicted molar refractivity (Wildman–Crippen MR) is 89.0 cm³/mol. The molecule has 2 aromatic heterocycles. The normalized spacial score (nSPS) is 13.0. The smallest absolute Gasteiger partial charge is 0.133 e. The van der Waals surface area contributed by atoms with E-state index in [1.165, 1.54) is 5.56 Å². The first-order valence-electron chi connectivity index (χ1n) is 6.95. The van der Waals surface area contributed by atoms with Crippen LogP contribution in [0.3, 0.4) is 0 Å². The number of pyridine rings is 1. The summed E-state index contributed by atoms with van der Waals surface area (Å²) in [6.07, 6.45) is 4.48. The molecule has 3 heterocycles. The minimum absolute atomic E-state index is 0.615. The van der Waals surface area contributed by atoms with Crippen molar-refractivity contribution in [3.63, 3.8) is 0 Å². The van der Waals surface area contributed by atoms with E-state index in [9.17, 15) is 0 Å². The van der Waals surface area contributed by atoms with Crippen LogP contribution in [0.2, 0.25) is 10.0 Å². The second-order valence-electron chi connectivity index (χ2n) is 5.10. The van der Waals surface area contributed by atoms with Crippen LogP contribution >= 0.6 is 23.2 Å². The second-order valence-corrected chi connectivity index (χ2v) is 5.94. The molecule has 110 valence electrons. The number of nitrogens with one attached hydrogen (secondary N) is 1. The lowest BCUT2D eigenvalue weighted by atomic mass is 10.1. The highest BCUT2D eigenvalue weighted by molar-refractivity contribution is 6.34. The average molecular weight is 331 g/mol. The number of halogens is 2. The van der Waals surface area contributed by atoms with Crippen LogP contribution in [0.15, 0.2) is 42.7 Å². The first-order chi connectivity index (χ1) is 10.7. The van der Waals surface area contributed by atoms with Crippen LogP contribution in [0.5, 0.6) is 0 Å². The van der Waals surface area contributed by atoms with Crippen LogP contribution in [-0.2, 0) is 6.42 Å². The maximum absolute atomic E-state index is 6.33. The zero-order valence-corrected chi connectivity index (χ0v) is 13.1. The molecule has 0 unspecified atom stereocenters. The Morgan fingerprint density at radius 3 is 2.73 bits per heavy atom. The molecule has 0 radical (unpaired) electrons. The number of anilines is 1. The Bertz CT molecular complexity index is 843. The molecule has 0 saturated heterocycles. The van der Waals surface area contributed by atoms with Crippen molar-refractivity contribution in [2.24, 2.45) is 0 Å². The molecule has 0 aliphatic carbocycles. The number of fused-ring (bicyclic) bond motifs is 1. The van der Waals surface area contributed by atoms with Gasteiger partial charge in [0, 0.05) is 35.1 Å². The zero-order chi connectivity index (χ0) is 15.1. The van der Waals surface area contributed by atoms with E-state index < -0.39 is 0 Å². The highest BCUT2D eigenvalue weighted by Gasteiger charge is 2.24. The van der Waals surface area contributed by atoms with E-state index >= 15 is 0 Å². The molecule has 0 saturated carbocycles. The Hall–Kier alpha value is -2.04. The van der Waals surface area contributed by atoms with E-state index in [2.05, 4.69) is 10.3 Å². The molecule has 3 aromatic rings. The molecule has 0 fully saturated rings. The molecule has 1 aliphatic heterocycles. The van der Waals surface area contributed by atoms with E-state index in [1.54, 1.807) is 24.5 Å². The van der Waals surface area contributed by atoms with Crippen molar-refractivity contribution in [3.05, 3.63) is 58.3 Å². The second kappa shape index (κ2) is 5.30. The third-order valence-corrected chi connectivity index (χ3v) is 4.30. The summed E-state index contributed by atoms with van der Waals surface area (Å²) >= 11 is 12.4. The zero-order valence-electron chi connectivity index (χ0n) is 11.6. The van der Waals surface area contributed by atoms with Gasteiger partial charge in [-0.25, -0.2) is 4.68 Å². The fraction of sp³-hybridized carbons (Fsp3) is 0.125. The fourth-order valence-corrected chi connectivity index (χ4v) is 3.10. The molecule has 1 aromatic carbocycles. The van der Waals surface area contributed by atoms with E-state index in [4.69, 9.17) is 28.3 Å². The predicted octanol–water partition coefficient (Wildman–Crippen LogP) is 4.21.